The first-order valence-electron chi connectivity index (χ1n) is 10.3. The number of anilines is 2. The average molecular weight is 468 g/mol. The first-order valence-corrected chi connectivity index (χ1v) is 10.7. The predicted molar refractivity (Wildman–Crippen MR) is 130 cm³/mol. The average Bonchev–Trinajstić information content (AvgIpc) is 3.35. The predicted octanol–water partition coefficient (Wildman–Crippen LogP) is 4.84. The van der Waals surface area contributed by atoms with Crippen LogP contribution >= 0.6 is 12.2 Å². The van der Waals surface area contributed by atoms with E-state index in [1.165, 1.54) is 13.4 Å². The summed E-state index contributed by atoms with van der Waals surface area (Å²) in [4.78, 5) is 24.7. The van der Waals surface area contributed by atoms with E-state index in [4.69, 9.17) is 26.1 Å². The van der Waals surface area contributed by atoms with E-state index in [0.29, 0.717) is 28.4 Å². The monoisotopic (exact) mass is 467 g/mol. The minimum Gasteiger partial charge on any atom is -0.494 e. The molecule has 33 heavy (non-hydrogen) atoms. The Morgan fingerprint density at radius 2 is 1.82 bits per heavy atom. The van der Waals surface area contributed by atoms with Crippen molar-refractivity contribution in [3.63, 3.8) is 0 Å². The van der Waals surface area contributed by atoms with Crippen molar-refractivity contribution >= 4 is 40.5 Å². The van der Waals surface area contributed by atoms with Gasteiger partial charge in [-0.05, 0) is 74.1 Å². The number of carbonyl (C=O) groups is 2. The molecule has 1 atom stereocenters. The summed E-state index contributed by atoms with van der Waals surface area (Å²) in [6.07, 6.45) is 2.41. The van der Waals surface area contributed by atoms with Gasteiger partial charge in [0.25, 0.3) is 11.8 Å². The summed E-state index contributed by atoms with van der Waals surface area (Å²) in [5.74, 6) is 0.542. The number of rotatable bonds is 8. The van der Waals surface area contributed by atoms with Gasteiger partial charge in [0.15, 0.2) is 10.9 Å². The van der Waals surface area contributed by atoms with Crippen LogP contribution in [0.15, 0.2) is 65.3 Å². The second-order valence-electron chi connectivity index (χ2n) is 7.12. The second-order valence-corrected chi connectivity index (χ2v) is 7.52. The minimum atomic E-state index is -0.401. The summed E-state index contributed by atoms with van der Waals surface area (Å²) in [5.41, 5.74) is 1.48. The number of nitrogens with one attached hydrogen (secondary N) is 3. The van der Waals surface area contributed by atoms with Crippen LogP contribution in [-0.4, -0.2) is 30.1 Å². The molecule has 0 spiro atoms. The van der Waals surface area contributed by atoms with Crippen LogP contribution in [0, 0.1) is 0 Å². The molecule has 0 saturated heterocycles. The first-order chi connectivity index (χ1) is 15.9. The molecule has 0 bridgehead atoms. The van der Waals surface area contributed by atoms with Crippen LogP contribution in [-0.2, 0) is 0 Å². The van der Waals surface area contributed by atoms with E-state index in [9.17, 15) is 9.59 Å². The molecule has 0 radical (unpaired) electrons. The molecule has 0 saturated carbocycles. The number of hydrogen-bond acceptors (Lipinski definition) is 6. The molecule has 0 aliphatic heterocycles. The molecule has 8 nitrogen and oxygen atoms in total. The quantitative estimate of drug-likeness (QED) is 0.407. The van der Waals surface area contributed by atoms with Crippen LogP contribution in [0.5, 0.6) is 11.5 Å². The van der Waals surface area contributed by atoms with Crippen LogP contribution < -0.4 is 25.4 Å². The van der Waals surface area contributed by atoms with Gasteiger partial charge in [-0.1, -0.05) is 6.92 Å². The van der Waals surface area contributed by atoms with E-state index in [-0.39, 0.29) is 22.9 Å². The molecule has 0 fully saturated rings. The number of thiocarbonyl (C=S) groups is 1. The number of benzene rings is 2. The molecule has 3 rings (SSSR count). The lowest BCUT2D eigenvalue weighted by Gasteiger charge is -2.14. The zero-order valence-electron chi connectivity index (χ0n) is 18.5. The van der Waals surface area contributed by atoms with Gasteiger partial charge in [-0.15, -0.1) is 0 Å². The summed E-state index contributed by atoms with van der Waals surface area (Å²) in [7, 11) is 1.48. The second kappa shape index (κ2) is 11.1. The molecule has 0 aliphatic carbocycles. The van der Waals surface area contributed by atoms with Crippen LogP contribution in [0.25, 0.3) is 0 Å². The number of furan rings is 1. The topological polar surface area (TPSA) is 102 Å². The van der Waals surface area contributed by atoms with Gasteiger partial charge in [-0.25, -0.2) is 0 Å². The smallest absolute Gasteiger partial charge is 0.291 e. The van der Waals surface area contributed by atoms with Gasteiger partial charge in [0.2, 0.25) is 0 Å². The van der Waals surface area contributed by atoms with Crippen molar-refractivity contribution in [1.29, 1.82) is 0 Å². The van der Waals surface area contributed by atoms with Gasteiger partial charge >= 0.3 is 0 Å². The molecule has 1 heterocycles. The number of amides is 2. The lowest BCUT2D eigenvalue weighted by molar-refractivity contribution is 0.0975. The van der Waals surface area contributed by atoms with Crippen molar-refractivity contribution < 1.29 is 23.5 Å². The van der Waals surface area contributed by atoms with Crippen molar-refractivity contribution in [2.75, 3.05) is 17.7 Å². The Kier molecular flexibility index (Phi) is 8.04. The fourth-order valence-electron chi connectivity index (χ4n) is 2.80. The van der Waals surface area contributed by atoms with Gasteiger partial charge < -0.3 is 24.5 Å². The maximum absolute atomic E-state index is 12.5. The zero-order valence-corrected chi connectivity index (χ0v) is 19.3. The molecule has 2 amide bonds. The summed E-state index contributed by atoms with van der Waals surface area (Å²) >= 11 is 5.26. The third-order valence-electron chi connectivity index (χ3n) is 4.71. The Hall–Kier alpha value is -3.85. The third kappa shape index (κ3) is 6.56. The Bertz CT molecular complexity index is 1110. The number of carbonyl (C=O) groups excluding carboxylic acids is 2. The Balaban J connectivity index is 1.59. The molecule has 3 aromatic rings. The highest BCUT2D eigenvalue weighted by molar-refractivity contribution is 7.80. The normalized spacial score (nSPS) is 11.2. The molecule has 2 aromatic carbocycles. The summed E-state index contributed by atoms with van der Waals surface area (Å²) < 4.78 is 16.2. The molecular weight excluding hydrogens is 442 g/mol. The Morgan fingerprint density at radius 1 is 1.06 bits per heavy atom. The van der Waals surface area contributed by atoms with E-state index in [0.717, 1.165) is 6.42 Å². The van der Waals surface area contributed by atoms with E-state index >= 15 is 0 Å². The molecule has 3 N–H and O–H groups in total. The van der Waals surface area contributed by atoms with Crippen molar-refractivity contribution in [2.45, 2.75) is 26.4 Å². The maximum Gasteiger partial charge on any atom is 0.291 e. The molecule has 0 unspecified atom stereocenters. The van der Waals surface area contributed by atoms with Gasteiger partial charge in [0, 0.05) is 17.3 Å². The van der Waals surface area contributed by atoms with Crippen LogP contribution in [0.4, 0.5) is 11.4 Å². The van der Waals surface area contributed by atoms with Crippen LogP contribution in [0.1, 0.15) is 41.2 Å². The van der Waals surface area contributed by atoms with E-state index in [2.05, 4.69) is 16.0 Å². The standard InChI is InChI=1S/C24H25N3O5S/c1-4-15(2)32-18-10-7-16(8-11-18)22(28)27-24(33)25-17-9-12-19(21(14-17)30-3)26-23(29)20-6-5-13-31-20/h5-15H,4H2,1-3H3,(H,26,29)(H2,25,27,28,33)/t15-/m1/s1. The first kappa shape index (κ1) is 23.8. The van der Waals surface area contributed by atoms with E-state index in [1.54, 1.807) is 54.6 Å². The minimum absolute atomic E-state index is 0.100. The number of ether oxygens (including phenoxy) is 2. The largest absolute Gasteiger partial charge is 0.494 e. The molecule has 9 heteroatoms. The van der Waals surface area contributed by atoms with E-state index < -0.39 is 5.91 Å². The highest BCUT2D eigenvalue weighted by atomic mass is 32.1. The van der Waals surface area contributed by atoms with Crippen molar-refractivity contribution in [3.05, 3.63) is 72.2 Å². The molecule has 0 aliphatic rings. The molecule has 1 aromatic heterocycles. The highest BCUT2D eigenvalue weighted by Gasteiger charge is 2.14. The van der Waals surface area contributed by atoms with Crippen molar-refractivity contribution in [1.82, 2.24) is 5.32 Å². The SMILES string of the molecule is CC[C@@H](C)Oc1ccc(C(=O)NC(=S)Nc2ccc(NC(=O)c3ccco3)c(OC)c2)cc1. The number of hydrogen-bond donors (Lipinski definition) is 3. The fraction of sp³-hybridized carbons (Fsp3) is 0.208. The fourth-order valence-corrected chi connectivity index (χ4v) is 3.01. The maximum atomic E-state index is 12.5. The summed E-state index contributed by atoms with van der Waals surface area (Å²) in [6.45, 7) is 4.03. The van der Waals surface area contributed by atoms with Crippen LogP contribution in [0.2, 0.25) is 0 Å². The van der Waals surface area contributed by atoms with Gasteiger partial charge in [-0.2, -0.15) is 0 Å². The van der Waals surface area contributed by atoms with E-state index in [1.807, 2.05) is 13.8 Å². The summed E-state index contributed by atoms with van der Waals surface area (Å²) in [5, 5.41) is 8.41. The Morgan fingerprint density at radius 3 is 2.45 bits per heavy atom. The van der Waals surface area contributed by atoms with Crippen molar-refractivity contribution in [2.24, 2.45) is 0 Å². The van der Waals surface area contributed by atoms with Crippen LogP contribution in [0.3, 0.4) is 0 Å². The van der Waals surface area contributed by atoms with Gasteiger partial charge in [0.05, 0.1) is 25.2 Å². The van der Waals surface area contributed by atoms with Crippen molar-refractivity contribution in [3.8, 4) is 11.5 Å². The summed E-state index contributed by atoms with van der Waals surface area (Å²) in [6, 6.07) is 15.0. The van der Waals surface area contributed by atoms with Gasteiger partial charge in [-0.3, -0.25) is 14.9 Å². The van der Waals surface area contributed by atoms with Gasteiger partial charge in [0.1, 0.15) is 11.5 Å². The third-order valence-corrected chi connectivity index (χ3v) is 4.91. The lowest BCUT2D eigenvalue weighted by atomic mass is 10.2. The zero-order chi connectivity index (χ0) is 23.8. The Labute approximate surface area is 197 Å². The highest BCUT2D eigenvalue weighted by Crippen LogP contribution is 2.28. The lowest BCUT2D eigenvalue weighted by Crippen LogP contribution is -2.34. The molecule has 172 valence electrons. The number of methoxy groups -OCH3 is 1. The molecular formula is C24H25N3O5S.